The average molecular weight is 438 g/mol. The number of Topliss-reactive ketones (excluding diaryl/α,β-unsaturated/α-hetero) is 1. The molecule has 0 saturated heterocycles. The summed E-state index contributed by atoms with van der Waals surface area (Å²) in [7, 11) is 0. The van der Waals surface area contributed by atoms with E-state index in [1.54, 1.807) is 20.8 Å². The van der Waals surface area contributed by atoms with Gasteiger partial charge in [0, 0.05) is 11.8 Å². The van der Waals surface area contributed by atoms with Crippen LogP contribution in [0.1, 0.15) is 34.6 Å². The first-order valence-corrected chi connectivity index (χ1v) is 10.6. The van der Waals surface area contributed by atoms with E-state index in [4.69, 9.17) is 23.7 Å². The maximum atomic E-state index is 13.9. The largest absolute Gasteiger partial charge is 0.377 e. The zero-order valence-corrected chi connectivity index (χ0v) is 19.1. The average Bonchev–Trinajstić information content (AvgIpc) is 2.71. The molecule has 8 nitrogen and oxygen atoms in total. The lowest BCUT2D eigenvalue weighted by atomic mass is 10.1. The highest BCUT2D eigenvalue weighted by Crippen LogP contribution is 2.03. The molecule has 0 fully saturated rings. The van der Waals surface area contributed by atoms with Crippen molar-refractivity contribution < 1.29 is 37.7 Å². The Morgan fingerprint density at radius 1 is 0.733 bits per heavy atom. The smallest absolute Gasteiger partial charge is 0.222 e. The van der Waals surface area contributed by atoms with E-state index in [2.05, 4.69) is 5.32 Å². The molecule has 0 aromatic heterocycles. The molecular formula is C21H40FNO7. The minimum absolute atomic E-state index is 0.0130. The van der Waals surface area contributed by atoms with Crippen molar-refractivity contribution in [2.24, 2.45) is 11.8 Å². The van der Waals surface area contributed by atoms with Gasteiger partial charge in [-0.2, -0.15) is 0 Å². The van der Waals surface area contributed by atoms with Gasteiger partial charge in [-0.1, -0.05) is 27.7 Å². The van der Waals surface area contributed by atoms with Crippen LogP contribution in [-0.2, 0) is 33.3 Å². The van der Waals surface area contributed by atoms with Gasteiger partial charge < -0.3 is 29.0 Å². The highest BCUT2D eigenvalue weighted by atomic mass is 19.1. The number of ketones is 1. The highest BCUT2D eigenvalue weighted by molar-refractivity contribution is 5.81. The van der Waals surface area contributed by atoms with Gasteiger partial charge in [-0.15, -0.1) is 0 Å². The van der Waals surface area contributed by atoms with Gasteiger partial charge in [0.1, 0.15) is 12.8 Å². The van der Waals surface area contributed by atoms with Crippen molar-refractivity contribution in [1.29, 1.82) is 0 Å². The second-order valence-corrected chi connectivity index (χ2v) is 7.50. The number of hydrogen-bond donors (Lipinski definition) is 1. The van der Waals surface area contributed by atoms with E-state index in [0.717, 1.165) is 0 Å². The molecule has 30 heavy (non-hydrogen) atoms. The van der Waals surface area contributed by atoms with E-state index in [1.807, 2.05) is 13.8 Å². The number of rotatable bonds is 20. The first-order valence-electron chi connectivity index (χ1n) is 10.6. The van der Waals surface area contributed by atoms with Gasteiger partial charge in [0.05, 0.1) is 65.5 Å². The first-order chi connectivity index (χ1) is 14.3. The standard InChI is InChI=1S/C21H40FNO7/c1-16(2)20(24)15-29-11-10-27-7-6-26-8-9-28-12-13-30-18(5)19(22)14-23-21(25)17(3)4/h16-19H,6-15H2,1-5H3,(H,23,25). The van der Waals surface area contributed by atoms with Gasteiger partial charge in [-0.3, -0.25) is 9.59 Å². The van der Waals surface area contributed by atoms with E-state index in [0.29, 0.717) is 46.2 Å². The summed E-state index contributed by atoms with van der Waals surface area (Å²) in [4.78, 5) is 22.8. The van der Waals surface area contributed by atoms with Crippen molar-refractivity contribution in [3.05, 3.63) is 0 Å². The van der Waals surface area contributed by atoms with Gasteiger partial charge in [0.15, 0.2) is 5.78 Å². The third-order valence-corrected chi connectivity index (χ3v) is 4.12. The maximum Gasteiger partial charge on any atom is 0.222 e. The number of carbonyl (C=O) groups excluding carboxylic acids is 2. The lowest BCUT2D eigenvalue weighted by Crippen LogP contribution is -2.38. The molecule has 9 heteroatoms. The Morgan fingerprint density at radius 2 is 1.20 bits per heavy atom. The van der Waals surface area contributed by atoms with Crippen LogP contribution in [0.2, 0.25) is 0 Å². The van der Waals surface area contributed by atoms with Gasteiger partial charge in [0.25, 0.3) is 0 Å². The number of ether oxygens (including phenoxy) is 5. The molecule has 0 radical (unpaired) electrons. The van der Waals surface area contributed by atoms with Crippen molar-refractivity contribution in [3.63, 3.8) is 0 Å². The fourth-order valence-electron chi connectivity index (χ4n) is 1.96. The summed E-state index contributed by atoms with van der Waals surface area (Å²) in [6, 6.07) is 0. The molecule has 2 unspecified atom stereocenters. The fourth-order valence-corrected chi connectivity index (χ4v) is 1.96. The molecule has 0 spiro atoms. The van der Waals surface area contributed by atoms with Crippen molar-refractivity contribution in [1.82, 2.24) is 5.32 Å². The van der Waals surface area contributed by atoms with E-state index in [1.165, 1.54) is 0 Å². The molecule has 0 aliphatic rings. The quantitative estimate of drug-likeness (QED) is 0.290. The van der Waals surface area contributed by atoms with Crippen LogP contribution in [0.25, 0.3) is 0 Å². The number of carbonyl (C=O) groups is 2. The lowest BCUT2D eigenvalue weighted by Gasteiger charge is -2.18. The lowest BCUT2D eigenvalue weighted by molar-refractivity contribution is -0.127. The SMILES string of the molecule is CC(C)C(=O)COCCOCCOCCOCCOC(C)C(F)CNC(=O)C(C)C. The third-order valence-electron chi connectivity index (χ3n) is 4.12. The second-order valence-electron chi connectivity index (χ2n) is 7.50. The molecule has 0 aliphatic carbocycles. The molecular weight excluding hydrogens is 397 g/mol. The van der Waals surface area contributed by atoms with Crippen molar-refractivity contribution in [2.75, 3.05) is 66.0 Å². The predicted octanol–water partition coefficient (Wildman–Crippen LogP) is 1.79. The van der Waals surface area contributed by atoms with E-state index in [-0.39, 0.29) is 43.3 Å². The topological polar surface area (TPSA) is 92.3 Å². The van der Waals surface area contributed by atoms with E-state index in [9.17, 15) is 14.0 Å². The van der Waals surface area contributed by atoms with Crippen LogP contribution in [0, 0.1) is 11.8 Å². The molecule has 0 rings (SSSR count). The third kappa shape index (κ3) is 16.6. The van der Waals surface area contributed by atoms with Crippen molar-refractivity contribution >= 4 is 11.7 Å². The summed E-state index contributed by atoms with van der Waals surface area (Å²) in [5.41, 5.74) is 0. The Balaban J connectivity index is 3.38. The Morgan fingerprint density at radius 3 is 1.67 bits per heavy atom. The van der Waals surface area contributed by atoms with Crippen LogP contribution in [0.3, 0.4) is 0 Å². The van der Waals surface area contributed by atoms with Crippen molar-refractivity contribution in [2.45, 2.75) is 46.9 Å². The maximum absolute atomic E-state index is 13.9. The summed E-state index contributed by atoms with van der Waals surface area (Å²) in [5, 5.41) is 2.55. The van der Waals surface area contributed by atoms with Crippen LogP contribution in [0.4, 0.5) is 4.39 Å². The molecule has 0 aliphatic heterocycles. The van der Waals surface area contributed by atoms with Gasteiger partial charge in [0.2, 0.25) is 5.91 Å². The van der Waals surface area contributed by atoms with Crippen LogP contribution >= 0.6 is 0 Å². The van der Waals surface area contributed by atoms with Gasteiger partial charge in [-0.05, 0) is 6.92 Å². The molecule has 2 atom stereocenters. The molecule has 0 heterocycles. The predicted molar refractivity (Wildman–Crippen MR) is 111 cm³/mol. The zero-order valence-electron chi connectivity index (χ0n) is 19.1. The second kappa shape index (κ2) is 18.6. The van der Waals surface area contributed by atoms with Crippen LogP contribution < -0.4 is 5.32 Å². The highest BCUT2D eigenvalue weighted by Gasteiger charge is 2.18. The molecule has 0 aromatic carbocycles. The Hall–Kier alpha value is -1.13. The number of alkyl halides is 1. The summed E-state index contributed by atoms with van der Waals surface area (Å²) >= 11 is 0. The monoisotopic (exact) mass is 437 g/mol. The van der Waals surface area contributed by atoms with Crippen LogP contribution in [-0.4, -0.2) is 90.0 Å². The first kappa shape index (κ1) is 28.9. The summed E-state index contributed by atoms with van der Waals surface area (Å²) in [6.45, 7) is 12.0. The van der Waals surface area contributed by atoms with Crippen LogP contribution in [0.5, 0.6) is 0 Å². The fraction of sp³-hybridized carbons (Fsp3) is 0.905. The number of hydrogen-bond acceptors (Lipinski definition) is 7. The minimum atomic E-state index is -1.27. The summed E-state index contributed by atoms with van der Waals surface area (Å²) in [5.74, 6) is -0.278. The molecule has 1 amide bonds. The summed E-state index contributed by atoms with van der Waals surface area (Å²) < 4.78 is 40.5. The zero-order chi connectivity index (χ0) is 22.8. The Labute approximate surface area is 180 Å². The van der Waals surface area contributed by atoms with Crippen molar-refractivity contribution in [3.8, 4) is 0 Å². The normalized spacial score (nSPS) is 13.6. The number of nitrogens with one attached hydrogen (secondary N) is 1. The molecule has 0 saturated carbocycles. The van der Waals surface area contributed by atoms with Crippen LogP contribution in [0.15, 0.2) is 0 Å². The molecule has 1 N–H and O–H groups in total. The Bertz CT molecular complexity index is 449. The van der Waals surface area contributed by atoms with E-state index < -0.39 is 12.3 Å². The summed E-state index contributed by atoms with van der Waals surface area (Å²) in [6.07, 6.45) is -1.89. The minimum Gasteiger partial charge on any atom is -0.377 e. The molecule has 0 aromatic rings. The number of amides is 1. The van der Waals surface area contributed by atoms with Gasteiger partial charge >= 0.3 is 0 Å². The Kier molecular flexibility index (Phi) is 17.9. The molecule has 178 valence electrons. The van der Waals surface area contributed by atoms with E-state index >= 15 is 0 Å². The van der Waals surface area contributed by atoms with Gasteiger partial charge in [-0.25, -0.2) is 4.39 Å². The number of halogens is 1. The molecule has 0 bridgehead atoms.